The lowest BCUT2D eigenvalue weighted by Crippen LogP contribution is -2.55. The number of hydrogen-bond donors (Lipinski definition) is 0. The van der Waals surface area contributed by atoms with Crippen molar-refractivity contribution in [3.05, 3.63) is 12.0 Å². The largest absolute Gasteiger partial charge is 0.449 e. The van der Waals surface area contributed by atoms with E-state index in [1.54, 1.807) is 0 Å². The summed E-state index contributed by atoms with van der Waals surface area (Å²) in [5.74, 6) is -2.18. The Morgan fingerprint density at radius 3 is 2.30 bits per heavy atom. The summed E-state index contributed by atoms with van der Waals surface area (Å²) in [6.45, 7) is 7.31. The van der Waals surface area contributed by atoms with Crippen LogP contribution in [0.1, 0.15) is 40.0 Å². The molecule has 0 saturated heterocycles. The van der Waals surface area contributed by atoms with Gasteiger partial charge in [0.2, 0.25) is 5.60 Å². The predicted molar refractivity (Wildman–Crippen MR) is 90.0 cm³/mol. The van der Waals surface area contributed by atoms with Crippen LogP contribution in [0.2, 0.25) is 0 Å². The van der Waals surface area contributed by atoms with Crippen LogP contribution < -0.4 is 0 Å². The first-order chi connectivity index (χ1) is 12.2. The van der Waals surface area contributed by atoms with E-state index in [-0.39, 0.29) is 32.5 Å². The zero-order valence-corrected chi connectivity index (χ0v) is 16.4. The average Bonchev–Trinajstić information content (AvgIpc) is 3.08. The molecule has 0 amide bonds. The van der Waals surface area contributed by atoms with Gasteiger partial charge >= 0.3 is 12.1 Å². The number of hydrogen-bond acceptors (Lipinski definition) is 6. The molecule has 0 aliphatic heterocycles. The molecule has 6 nitrogen and oxygen atoms in total. The van der Waals surface area contributed by atoms with Gasteiger partial charge in [0.05, 0.1) is 30.1 Å². The zero-order chi connectivity index (χ0) is 20.7. The van der Waals surface area contributed by atoms with Crippen molar-refractivity contribution >= 4 is 16.1 Å². The maximum absolute atomic E-state index is 13.8. The molecule has 27 heavy (non-hydrogen) atoms. The minimum atomic E-state index is -4.67. The highest BCUT2D eigenvalue weighted by atomic mass is 32.2. The fourth-order valence-electron chi connectivity index (χ4n) is 3.69. The van der Waals surface area contributed by atoms with E-state index in [0.717, 1.165) is 0 Å². The topological polar surface area (TPSA) is 78.9 Å². The van der Waals surface area contributed by atoms with Crippen LogP contribution in [0.25, 0.3) is 0 Å². The molecule has 0 heterocycles. The van der Waals surface area contributed by atoms with E-state index in [4.69, 9.17) is 9.47 Å². The Balaban J connectivity index is 1.99. The van der Waals surface area contributed by atoms with Crippen LogP contribution in [0.15, 0.2) is 12.0 Å². The Bertz CT molecular complexity index is 682. The molecular weight excluding hydrogens is 389 g/mol. The number of carbonyl (C=O) groups excluding carboxylic acids is 1. The SMILES string of the molecule is C=CS(=O)(=O)OCCOC1CC2CC1CC2(OC(=O)C(C)(C)C)C(F)(F)F. The van der Waals surface area contributed by atoms with Gasteiger partial charge in [-0.1, -0.05) is 6.58 Å². The van der Waals surface area contributed by atoms with Gasteiger partial charge in [-0.25, -0.2) is 0 Å². The lowest BCUT2D eigenvalue weighted by molar-refractivity contribution is -0.292. The third kappa shape index (κ3) is 4.65. The molecule has 0 aromatic rings. The second-order valence-electron chi connectivity index (χ2n) is 8.05. The average molecular weight is 414 g/mol. The van der Waals surface area contributed by atoms with Crippen LogP contribution >= 0.6 is 0 Å². The van der Waals surface area contributed by atoms with Crippen LogP contribution in [0, 0.1) is 17.3 Å². The van der Waals surface area contributed by atoms with Crippen LogP contribution in [0.4, 0.5) is 13.2 Å². The Kier molecular flexibility index (Phi) is 6.04. The standard InChI is InChI=1S/C17H25F3O6S/c1-5-27(22,23)25-7-6-24-13-9-12-8-11(13)10-16(12,17(18,19)20)26-14(21)15(2,3)4/h5,11-13H,1,6-10H2,2-4H3. The van der Waals surface area contributed by atoms with Crippen molar-refractivity contribution in [2.45, 2.75) is 57.9 Å². The van der Waals surface area contributed by atoms with Crippen molar-refractivity contribution in [3.8, 4) is 0 Å². The minimum Gasteiger partial charge on any atom is -0.449 e. The highest BCUT2D eigenvalue weighted by molar-refractivity contribution is 7.89. The molecule has 2 bridgehead atoms. The molecule has 2 saturated carbocycles. The van der Waals surface area contributed by atoms with Crippen molar-refractivity contribution in [2.75, 3.05) is 13.2 Å². The summed E-state index contributed by atoms with van der Waals surface area (Å²) < 4.78 is 78.9. The molecule has 156 valence electrons. The number of carbonyl (C=O) groups is 1. The summed E-state index contributed by atoms with van der Waals surface area (Å²) in [5, 5.41) is 0.659. The first-order valence-electron chi connectivity index (χ1n) is 8.65. The molecule has 2 aliphatic rings. The fourth-order valence-corrected chi connectivity index (χ4v) is 4.09. The highest BCUT2D eigenvalue weighted by Gasteiger charge is 2.70. The summed E-state index contributed by atoms with van der Waals surface area (Å²) in [7, 11) is -3.81. The molecular formula is C17H25F3O6S. The van der Waals surface area contributed by atoms with E-state index in [1.165, 1.54) is 20.8 Å². The molecule has 0 aromatic carbocycles. The summed E-state index contributed by atoms with van der Waals surface area (Å²) >= 11 is 0. The van der Waals surface area contributed by atoms with Crippen molar-refractivity contribution in [2.24, 2.45) is 17.3 Å². The lowest BCUT2D eigenvalue weighted by Gasteiger charge is -2.41. The minimum absolute atomic E-state index is 0.0677. The van der Waals surface area contributed by atoms with Gasteiger partial charge in [-0.05, 0) is 39.5 Å². The van der Waals surface area contributed by atoms with E-state index < -0.39 is 51.2 Å². The molecule has 2 aliphatic carbocycles. The van der Waals surface area contributed by atoms with Crippen molar-refractivity contribution in [3.63, 3.8) is 0 Å². The number of rotatable bonds is 7. The molecule has 2 fully saturated rings. The molecule has 4 unspecified atom stereocenters. The zero-order valence-electron chi connectivity index (χ0n) is 15.5. The van der Waals surface area contributed by atoms with Crippen molar-refractivity contribution in [1.29, 1.82) is 0 Å². The smallest absolute Gasteiger partial charge is 0.428 e. The second kappa shape index (κ2) is 7.36. The summed E-state index contributed by atoms with van der Waals surface area (Å²) in [4.78, 5) is 12.1. The molecule has 0 aromatic heterocycles. The molecule has 0 spiro atoms. The maximum atomic E-state index is 13.8. The maximum Gasteiger partial charge on any atom is 0.428 e. The number of fused-ring (bicyclic) bond motifs is 2. The van der Waals surface area contributed by atoms with E-state index in [2.05, 4.69) is 10.8 Å². The first kappa shape index (κ1) is 22.2. The van der Waals surface area contributed by atoms with Gasteiger partial charge in [0.25, 0.3) is 10.1 Å². The Labute approximate surface area is 157 Å². The van der Waals surface area contributed by atoms with Crippen LogP contribution in [0.5, 0.6) is 0 Å². The molecule has 2 rings (SSSR count). The molecule has 4 atom stereocenters. The van der Waals surface area contributed by atoms with Gasteiger partial charge < -0.3 is 9.47 Å². The highest BCUT2D eigenvalue weighted by Crippen LogP contribution is 2.59. The first-order valence-corrected chi connectivity index (χ1v) is 10.1. The van der Waals surface area contributed by atoms with Gasteiger partial charge in [0.15, 0.2) is 0 Å². The Morgan fingerprint density at radius 1 is 1.22 bits per heavy atom. The van der Waals surface area contributed by atoms with Crippen molar-refractivity contribution in [1.82, 2.24) is 0 Å². The molecule has 0 radical (unpaired) electrons. The quantitative estimate of drug-likeness (QED) is 0.362. The third-order valence-corrected chi connectivity index (χ3v) is 5.99. The third-order valence-electron chi connectivity index (χ3n) is 5.09. The summed E-state index contributed by atoms with van der Waals surface area (Å²) in [5.41, 5.74) is -3.52. The van der Waals surface area contributed by atoms with Gasteiger partial charge in [0.1, 0.15) is 0 Å². The van der Waals surface area contributed by atoms with E-state index in [9.17, 15) is 26.4 Å². The normalized spacial score (nSPS) is 31.1. The van der Waals surface area contributed by atoms with E-state index in [0.29, 0.717) is 5.41 Å². The number of ether oxygens (including phenoxy) is 2. The van der Waals surface area contributed by atoms with Crippen LogP contribution in [0.3, 0.4) is 0 Å². The van der Waals surface area contributed by atoms with Gasteiger partial charge in [-0.15, -0.1) is 0 Å². The monoisotopic (exact) mass is 414 g/mol. The summed E-state index contributed by atoms with van der Waals surface area (Å²) in [6.07, 6.45) is -5.13. The van der Waals surface area contributed by atoms with Gasteiger partial charge in [0, 0.05) is 12.3 Å². The number of alkyl halides is 3. The van der Waals surface area contributed by atoms with Crippen molar-refractivity contribution < 1.29 is 40.0 Å². The predicted octanol–water partition coefficient (Wildman–Crippen LogP) is 3.18. The molecule has 0 N–H and O–H groups in total. The molecule has 10 heteroatoms. The van der Waals surface area contributed by atoms with Gasteiger partial charge in [-0.3, -0.25) is 8.98 Å². The van der Waals surface area contributed by atoms with E-state index in [1.807, 2.05) is 0 Å². The van der Waals surface area contributed by atoms with Crippen LogP contribution in [-0.2, 0) is 28.6 Å². The number of halogens is 3. The van der Waals surface area contributed by atoms with Gasteiger partial charge in [-0.2, -0.15) is 21.6 Å². The lowest BCUT2D eigenvalue weighted by atomic mass is 9.81. The van der Waals surface area contributed by atoms with E-state index >= 15 is 0 Å². The number of esters is 1. The second-order valence-corrected chi connectivity index (χ2v) is 9.60. The van der Waals surface area contributed by atoms with Crippen LogP contribution in [-0.4, -0.2) is 45.5 Å². The Hall–Kier alpha value is -1.13. The summed E-state index contributed by atoms with van der Waals surface area (Å²) in [6, 6.07) is 0. The Morgan fingerprint density at radius 2 is 1.85 bits per heavy atom. The fraction of sp³-hybridized carbons (Fsp3) is 0.824.